The highest BCUT2D eigenvalue weighted by atomic mass is 35.5. The first kappa shape index (κ1) is 19.7. The lowest BCUT2D eigenvalue weighted by Gasteiger charge is -2.21. The maximum atomic E-state index is 11.9. The average molecular weight is 432 g/mol. The average Bonchev–Trinajstić information content (AvgIpc) is 3.05. The molecule has 1 fully saturated rings. The van der Waals surface area contributed by atoms with E-state index in [2.05, 4.69) is 0 Å². The Labute approximate surface area is 165 Å². The maximum Gasteiger partial charge on any atom is 0.270 e. The number of halogens is 2. The number of nitrogens with two attached hydrogens (primary N) is 1. The molecule has 3 rings (SSSR count). The number of rotatable bonds is 5. The fourth-order valence-corrected chi connectivity index (χ4v) is 3.95. The number of nitro groups is 1. The zero-order chi connectivity index (χ0) is 19.8. The van der Waals surface area contributed by atoms with Gasteiger partial charge in [-0.3, -0.25) is 10.1 Å². The number of non-ortho nitro benzene ring substituents is 1. The number of benzene rings is 2. The molecular weight excluding hydrogens is 417 g/mol. The number of hydrogen-bond acceptors (Lipinski definition) is 6. The van der Waals surface area contributed by atoms with Crippen molar-refractivity contribution in [3.63, 3.8) is 0 Å². The summed E-state index contributed by atoms with van der Waals surface area (Å²) in [5.41, 5.74) is -0.0334. The van der Waals surface area contributed by atoms with Crippen LogP contribution in [0.4, 0.5) is 11.4 Å². The molecule has 0 amide bonds. The standard InChI is InChI=1S/C16H15Cl2N3O5S/c17-13-3-2-11(8-14(13)18)26-12-5-6-20(9-12)15-4-1-10(21(22)23)7-16(15)27(19,24)25/h1-4,7-8,12H,5-6,9H2,(H2,19,24,25). The third kappa shape index (κ3) is 4.44. The van der Waals surface area contributed by atoms with E-state index in [9.17, 15) is 18.5 Å². The van der Waals surface area contributed by atoms with Crippen LogP contribution in [0.25, 0.3) is 0 Å². The van der Waals surface area contributed by atoms with Gasteiger partial charge in [-0.25, -0.2) is 13.6 Å². The molecule has 1 atom stereocenters. The van der Waals surface area contributed by atoms with E-state index in [4.69, 9.17) is 33.1 Å². The summed E-state index contributed by atoms with van der Waals surface area (Å²) in [7, 11) is -4.13. The summed E-state index contributed by atoms with van der Waals surface area (Å²) < 4.78 is 29.7. The summed E-state index contributed by atoms with van der Waals surface area (Å²) in [6.45, 7) is 0.896. The van der Waals surface area contributed by atoms with Gasteiger partial charge >= 0.3 is 0 Å². The van der Waals surface area contributed by atoms with Gasteiger partial charge < -0.3 is 9.64 Å². The van der Waals surface area contributed by atoms with Crippen molar-refractivity contribution in [1.82, 2.24) is 0 Å². The van der Waals surface area contributed by atoms with Crippen molar-refractivity contribution in [2.45, 2.75) is 17.4 Å². The van der Waals surface area contributed by atoms with E-state index in [0.717, 1.165) is 6.07 Å². The molecule has 0 bridgehead atoms. The number of ether oxygens (including phenoxy) is 1. The van der Waals surface area contributed by atoms with E-state index in [0.29, 0.717) is 41.0 Å². The fraction of sp³-hybridized carbons (Fsp3) is 0.250. The molecular formula is C16H15Cl2N3O5S. The van der Waals surface area contributed by atoms with Crippen molar-refractivity contribution < 1.29 is 18.1 Å². The lowest BCUT2D eigenvalue weighted by atomic mass is 10.2. The van der Waals surface area contributed by atoms with Crippen LogP contribution in [-0.2, 0) is 10.0 Å². The molecule has 0 saturated carbocycles. The van der Waals surface area contributed by atoms with Crippen LogP contribution in [0.5, 0.6) is 5.75 Å². The monoisotopic (exact) mass is 431 g/mol. The first-order valence-corrected chi connectivity index (χ1v) is 10.1. The maximum absolute atomic E-state index is 11.9. The van der Waals surface area contributed by atoms with E-state index < -0.39 is 14.9 Å². The Morgan fingerprint density at radius 3 is 2.56 bits per heavy atom. The van der Waals surface area contributed by atoms with Crippen molar-refractivity contribution in [2.24, 2.45) is 5.14 Å². The second-order valence-electron chi connectivity index (χ2n) is 6.00. The lowest BCUT2D eigenvalue weighted by Crippen LogP contribution is -2.27. The molecule has 0 radical (unpaired) electrons. The Morgan fingerprint density at radius 1 is 1.19 bits per heavy atom. The van der Waals surface area contributed by atoms with Gasteiger partial charge in [0, 0.05) is 31.2 Å². The molecule has 0 aliphatic carbocycles. The van der Waals surface area contributed by atoms with Crippen LogP contribution in [0.15, 0.2) is 41.3 Å². The largest absolute Gasteiger partial charge is 0.488 e. The Kier molecular flexibility index (Phi) is 5.48. The summed E-state index contributed by atoms with van der Waals surface area (Å²) >= 11 is 11.9. The van der Waals surface area contributed by atoms with Gasteiger partial charge in [-0.05, 0) is 18.2 Å². The summed E-state index contributed by atoms with van der Waals surface area (Å²) in [5, 5.41) is 17.0. The molecule has 8 nitrogen and oxygen atoms in total. The number of nitrogens with zero attached hydrogens (tertiary/aromatic N) is 2. The van der Waals surface area contributed by atoms with Crippen molar-refractivity contribution in [1.29, 1.82) is 0 Å². The smallest absolute Gasteiger partial charge is 0.270 e. The van der Waals surface area contributed by atoms with Crippen LogP contribution in [0.3, 0.4) is 0 Å². The van der Waals surface area contributed by atoms with Crippen LogP contribution in [0.1, 0.15) is 6.42 Å². The first-order valence-electron chi connectivity index (χ1n) is 7.83. The zero-order valence-electron chi connectivity index (χ0n) is 13.8. The molecule has 1 saturated heterocycles. The first-order chi connectivity index (χ1) is 12.6. The molecule has 1 heterocycles. The van der Waals surface area contributed by atoms with Gasteiger partial charge in [0.25, 0.3) is 5.69 Å². The van der Waals surface area contributed by atoms with Gasteiger partial charge in [0.1, 0.15) is 16.7 Å². The van der Waals surface area contributed by atoms with Crippen LogP contribution in [0, 0.1) is 10.1 Å². The minimum Gasteiger partial charge on any atom is -0.488 e. The van der Waals surface area contributed by atoms with Gasteiger partial charge in [0.15, 0.2) is 0 Å². The molecule has 11 heteroatoms. The SMILES string of the molecule is NS(=O)(=O)c1cc([N+](=O)[O-])ccc1N1CCC(Oc2ccc(Cl)c(Cl)c2)C1. The number of nitro benzene ring substituents is 1. The molecule has 2 aromatic rings. The van der Waals surface area contributed by atoms with Crippen molar-refractivity contribution >= 4 is 44.6 Å². The zero-order valence-corrected chi connectivity index (χ0v) is 16.2. The Morgan fingerprint density at radius 2 is 1.93 bits per heavy atom. The highest BCUT2D eigenvalue weighted by Gasteiger charge is 2.29. The summed E-state index contributed by atoms with van der Waals surface area (Å²) in [4.78, 5) is 11.8. The highest BCUT2D eigenvalue weighted by molar-refractivity contribution is 7.89. The van der Waals surface area contributed by atoms with Crippen molar-refractivity contribution in [2.75, 3.05) is 18.0 Å². The molecule has 1 unspecified atom stereocenters. The Hall–Kier alpha value is -2.07. The summed E-state index contributed by atoms with van der Waals surface area (Å²) in [5.74, 6) is 0.548. The van der Waals surface area contributed by atoms with E-state index in [1.54, 1.807) is 23.1 Å². The number of sulfonamides is 1. The molecule has 2 aromatic carbocycles. The van der Waals surface area contributed by atoms with Gasteiger partial charge in [-0.15, -0.1) is 0 Å². The molecule has 0 aromatic heterocycles. The van der Waals surface area contributed by atoms with Gasteiger partial charge in [-0.1, -0.05) is 23.2 Å². The lowest BCUT2D eigenvalue weighted by molar-refractivity contribution is -0.385. The third-order valence-electron chi connectivity index (χ3n) is 4.14. The van der Waals surface area contributed by atoms with Crippen molar-refractivity contribution in [3.05, 3.63) is 56.6 Å². The van der Waals surface area contributed by atoms with E-state index in [-0.39, 0.29) is 16.7 Å². The molecule has 1 aliphatic rings. The van der Waals surface area contributed by atoms with Crippen LogP contribution in [0.2, 0.25) is 10.0 Å². The Balaban J connectivity index is 1.82. The molecule has 2 N–H and O–H groups in total. The van der Waals surface area contributed by atoms with Crippen LogP contribution >= 0.6 is 23.2 Å². The predicted octanol–water partition coefficient (Wildman–Crippen LogP) is 3.21. The normalized spacial score (nSPS) is 17.1. The molecule has 27 heavy (non-hydrogen) atoms. The van der Waals surface area contributed by atoms with Crippen LogP contribution < -0.4 is 14.8 Å². The summed E-state index contributed by atoms with van der Waals surface area (Å²) in [6, 6.07) is 8.53. The number of anilines is 1. The third-order valence-corrected chi connectivity index (χ3v) is 5.82. The molecule has 144 valence electrons. The number of hydrogen-bond donors (Lipinski definition) is 1. The van der Waals surface area contributed by atoms with Gasteiger partial charge in [-0.2, -0.15) is 0 Å². The van der Waals surface area contributed by atoms with E-state index >= 15 is 0 Å². The minimum absolute atomic E-state index is 0.217. The van der Waals surface area contributed by atoms with Crippen molar-refractivity contribution in [3.8, 4) is 5.75 Å². The quantitative estimate of drug-likeness (QED) is 0.573. The minimum atomic E-state index is -4.13. The second-order valence-corrected chi connectivity index (χ2v) is 8.35. The molecule has 0 spiro atoms. The second kappa shape index (κ2) is 7.51. The number of primary sulfonamides is 1. The van der Waals surface area contributed by atoms with E-state index in [1.165, 1.54) is 12.1 Å². The highest BCUT2D eigenvalue weighted by Crippen LogP contribution is 2.33. The van der Waals surface area contributed by atoms with Gasteiger partial charge in [0.05, 0.1) is 27.2 Å². The Bertz CT molecular complexity index is 1000. The van der Waals surface area contributed by atoms with E-state index in [1.807, 2.05) is 0 Å². The van der Waals surface area contributed by atoms with Crippen LogP contribution in [-0.4, -0.2) is 32.5 Å². The topological polar surface area (TPSA) is 116 Å². The summed E-state index contributed by atoms with van der Waals surface area (Å²) in [6.07, 6.45) is 0.409. The fourth-order valence-electron chi connectivity index (χ4n) is 2.89. The predicted molar refractivity (Wildman–Crippen MR) is 102 cm³/mol. The van der Waals surface area contributed by atoms with Gasteiger partial charge in [0.2, 0.25) is 10.0 Å². The molecule has 1 aliphatic heterocycles.